The highest BCUT2D eigenvalue weighted by molar-refractivity contribution is 5.79. The number of Topliss-reactive ketones (excluding diaryl/α,β-unsaturated/α-hetero) is 1. The zero-order chi connectivity index (χ0) is 45.2. The monoisotopic (exact) mass is 918 g/mol. The minimum Gasteiger partial charge on any atom is -0.497 e. The maximum atomic E-state index is 14.6. The van der Waals surface area contributed by atoms with Crippen molar-refractivity contribution in [2.75, 3.05) is 20.8 Å². The lowest BCUT2D eigenvalue weighted by atomic mass is 9.72. The molecular weight excluding hydrogens is 849 g/mol. The second-order valence-corrected chi connectivity index (χ2v) is 21.8. The molecular formula is C52H70O14. The molecule has 12 fully saturated rings. The molecule has 0 radical (unpaired) electrons. The minimum absolute atomic E-state index is 0.0253. The molecule has 12 aliphatic rings. The van der Waals surface area contributed by atoms with Gasteiger partial charge in [-0.2, -0.15) is 0 Å². The summed E-state index contributed by atoms with van der Waals surface area (Å²) in [5.41, 5.74) is 3.05. The quantitative estimate of drug-likeness (QED) is 0.291. The summed E-state index contributed by atoms with van der Waals surface area (Å²) in [6, 6.07) is 7.71. The zero-order valence-corrected chi connectivity index (χ0v) is 39.3. The molecule has 2 spiro atoms. The number of fused-ring (bicyclic) bond motifs is 7. The van der Waals surface area contributed by atoms with Crippen LogP contribution in [-0.4, -0.2) is 136 Å². The Morgan fingerprint density at radius 2 is 1.45 bits per heavy atom. The van der Waals surface area contributed by atoms with Gasteiger partial charge in [0.25, 0.3) is 0 Å². The summed E-state index contributed by atoms with van der Waals surface area (Å²) in [4.78, 5) is 14.6. The van der Waals surface area contributed by atoms with Crippen molar-refractivity contribution in [2.45, 2.75) is 213 Å². The first kappa shape index (κ1) is 44.9. The fourth-order valence-electron chi connectivity index (χ4n) is 14.1. The lowest BCUT2D eigenvalue weighted by Crippen LogP contribution is -2.62. The molecule has 12 aliphatic heterocycles. The second-order valence-electron chi connectivity index (χ2n) is 21.8. The Hall–Kier alpha value is -2.31. The summed E-state index contributed by atoms with van der Waals surface area (Å²) in [6.45, 7) is 16.4. The van der Waals surface area contributed by atoms with Crippen molar-refractivity contribution in [2.24, 2.45) is 23.7 Å². The zero-order valence-electron chi connectivity index (χ0n) is 39.3. The van der Waals surface area contributed by atoms with Crippen molar-refractivity contribution < 1.29 is 66.4 Å². The van der Waals surface area contributed by atoms with Gasteiger partial charge in [0.15, 0.2) is 12.4 Å². The molecule has 12 bridgehead atoms. The molecule has 0 aliphatic carbocycles. The summed E-state index contributed by atoms with van der Waals surface area (Å²) >= 11 is 0. The standard InChI is InChI=1S/C52H70O14/c1-25-18-33-12-14-37-26(2)19-35(56-37)16-17-51-50-52(66-49(62-50)30-8-10-32(55-7)11-9-30)48(65-51)47-46(64-52)45(63-51)44-38(60-47)15-13-34(58-44)21-31(53)22-36-29(5)43-41(20-27(3)42(61-43)24-54-6)59-40(36)23-39(57-33)28(25)4/h8-11,25,27,29,33-50H,2,4,12-24H2,1,3,5-7H3/t25-,27-,29-,33?,34-,35+,36?,37?,38+,39?,40+,41+,42-,43+,44+,45+,46-,47?,48+,49?,50+,51-,52?/m1/s1. The molecule has 12 heterocycles. The number of hydrogen-bond acceptors (Lipinski definition) is 14. The van der Waals surface area contributed by atoms with Crippen LogP contribution in [0.2, 0.25) is 0 Å². The molecule has 1 aromatic carbocycles. The fourth-order valence-corrected chi connectivity index (χ4v) is 14.1. The second kappa shape index (κ2) is 17.2. The number of ketones is 1. The van der Waals surface area contributed by atoms with Crippen LogP contribution in [0.25, 0.3) is 0 Å². The molecule has 0 saturated carbocycles. The number of hydrogen-bond donors (Lipinski definition) is 0. The molecule has 7 unspecified atom stereocenters. The van der Waals surface area contributed by atoms with Gasteiger partial charge in [0.05, 0.1) is 74.8 Å². The number of rotatable bonds is 4. The Balaban J connectivity index is 0.853. The van der Waals surface area contributed by atoms with E-state index in [2.05, 4.69) is 33.9 Å². The van der Waals surface area contributed by atoms with Gasteiger partial charge in [0, 0.05) is 38.4 Å². The molecule has 0 aromatic heterocycles. The molecule has 23 atom stereocenters. The normalized spacial score (nSPS) is 52.0. The van der Waals surface area contributed by atoms with E-state index >= 15 is 0 Å². The number of carbonyl (C=O) groups excluding carboxylic acids is 1. The SMILES string of the molecule is C=C1C[C@@H]2CC[C@]34O[C@H]5[C@H]6O[C@H](CC[C@@H]6OC6[C@@H]5OC5(OC(c7ccc(OC)cc7)O[C@H]53)[C@H]6O4)CC(=O)CC3[C@H](CC4OC(CCC1O2)C[C@@H](C)C4=C)O[C@H]1C[C@@H](C)[C@@H](COC)O[C@H]1[C@@H]3C. The van der Waals surface area contributed by atoms with Gasteiger partial charge in [-0.25, -0.2) is 0 Å². The Morgan fingerprint density at radius 3 is 2.27 bits per heavy atom. The van der Waals surface area contributed by atoms with Gasteiger partial charge >= 0.3 is 0 Å². The van der Waals surface area contributed by atoms with Crippen molar-refractivity contribution in [3.8, 4) is 5.75 Å². The third kappa shape index (κ3) is 7.45. The van der Waals surface area contributed by atoms with Crippen LogP contribution in [-0.2, 0) is 61.6 Å². The van der Waals surface area contributed by atoms with E-state index in [4.69, 9.17) is 61.6 Å². The summed E-state index contributed by atoms with van der Waals surface area (Å²) in [5, 5.41) is 0. The average Bonchev–Trinajstić information content (AvgIpc) is 3.98. The van der Waals surface area contributed by atoms with Crippen LogP contribution < -0.4 is 4.74 Å². The van der Waals surface area contributed by atoms with Crippen molar-refractivity contribution in [1.82, 2.24) is 0 Å². The average molecular weight is 919 g/mol. The van der Waals surface area contributed by atoms with Crippen LogP contribution in [0.15, 0.2) is 48.6 Å². The number of carbonyl (C=O) groups is 1. The Bertz CT molecular complexity index is 2010. The molecule has 13 rings (SSSR count). The van der Waals surface area contributed by atoms with Crippen LogP contribution in [0.4, 0.5) is 0 Å². The van der Waals surface area contributed by atoms with Crippen molar-refractivity contribution in [1.29, 1.82) is 0 Å². The van der Waals surface area contributed by atoms with E-state index in [1.807, 2.05) is 24.3 Å². The number of methoxy groups -OCH3 is 2. The Kier molecular flexibility index (Phi) is 11.7. The predicted molar refractivity (Wildman–Crippen MR) is 235 cm³/mol. The molecule has 1 aromatic rings. The Labute approximate surface area is 388 Å². The van der Waals surface area contributed by atoms with E-state index in [-0.39, 0.29) is 96.9 Å². The van der Waals surface area contributed by atoms with Crippen LogP contribution in [0.5, 0.6) is 5.75 Å². The topological polar surface area (TPSA) is 137 Å². The van der Waals surface area contributed by atoms with E-state index in [1.165, 1.54) is 0 Å². The van der Waals surface area contributed by atoms with E-state index in [1.54, 1.807) is 14.2 Å². The van der Waals surface area contributed by atoms with Gasteiger partial charge in [-0.3, -0.25) is 4.79 Å². The van der Waals surface area contributed by atoms with E-state index in [0.717, 1.165) is 61.0 Å². The number of ether oxygens (including phenoxy) is 13. The van der Waals surface area contributed by atoms with E-state index < -0.39 is 54.5 Å². The fraction of sp³-hybridized carbons (Fsp3) is 0.788. The van der Waals surface area contributed by atoms with Crippen LogP contribution in [0.3, 0.4) is 0 Å². The van der Waals surface area contributed by atoms with Crippen molar-refractivity contribution in [3.05, 3.63) is 54.1 Å². The number of benzene rings is 1. The van der Waals surface area contributed by atoms with Crippen molar-refractivity contribution >= 4 is 5.78 Å². The predicted octanol–water partition coefficient (Wildman–Crippen LogP) is 6.85. The largest absolute Gasteiger partial charge is 0.497 e. The molecule has 14 nitrogen and oxygen atoms in total. The third-order valence-corrected chi connectivity index (χ3v) is 17.7. The molecule has 0 amide bonds. The molecule has 66 heavy (non-hydrogen) atoms. The highest BCUT2D eigenvalue weighted by atomic mass is 16.9. The molecule has 0 N–H and O–H groups in total. The molecule has 14 heteroatoms. The Morgan fingerprint density at radius 1 is 0.667 bits per heavy atom. The summed E-state index contributed by atoms with van der Waals surface area (Å²) in [5.74, 6) is -1.04. The highest BCUT2D eigenvalue weighted by Crippen LogP contribution is 2.64. The summed E-state index contributed by atoms with van der Waals surface area (Å²) < 4.78 is 88.1. The lowest BCUT2D eigenvalue weighted by molar-refractivity contribution is -0.329. The van der Waals surface area contributed by atoms with E-state index in [9.17, 15) is 4.79 Å². The van der Waals surface area contributed by atoms with Gasteiger partial charge in [0.1, 0.15) is 42.1 Å². The molecule has 362 valence electrons. The van der Waals surface area contributed by atoms with E-state index in [0.29, 0.717) is 38.7 Å². The smallest absolute Gasteiger partial charge is 0.233 e. The lowest BCUT2D eigenvalue weighted by Gasteiger charge is -2.52. The van der Waals surface area contributed by atoms with Crippen LogP contribution >= 0.6 is 0 Å². The first-order valence-corrected chi connectivity index (χ1v) is 25.2. The third-order valence-electron chi connectivity index (χ3n) is 17.7. The van der Waals surface area contributed by atoms with Gasteiger partial charge < -0.3 is 61.6 Å². The summed E-state index contributed by atoms with van der Waals surface area (Å²) in [6.07, 6.45) is 2.65. The van der Waals surface area contributed by atoms with Gasteiger partial charge in [-0.15, -0.1) is 0 Å². The van der Waals surface area contributed by atoms with Gasteiger partial charge in [0.2, 0.25) is 11.6 Å². The van der Waals surface area contributed by atoms with Gasteiger partial charge in [-0.05, 0) is 98.3 Å². The van der Waals surface area contributed by atoms with Gasteiger partial charge in [-0.1, -0.05) is 46.1 Å². The maximum absolute atomic E-state index is 14.6. The summed E-state index contributed by atoms with van der Waals surface area (Å²) in [7, 11) is 3.37. The minimum atomic E-state index is -1.26. The first-order valence-electron chi connectivity index (χ1n) is 25.2. The maximum Gasteiger partial charge on any atom is 0.233 e. The first-order chi connectivity index (χ1) is 31.9. The highest BCUT2D eigenvalue weighted by Gasteiger charge is 2.83. The van der Waals surface area contributed by atoms with Crippen molar-refractivity contribution in [3.63, 3.8) is 0 Å². The molecule has 12 saturated heterocycles. The van der Waals surface area contributed by atoms with Crippen LogP contribution in [0, 0.1) is 23.7 Å². The van der Waals surface area contributed by atoms with Crippen LogP contribution in [0.1, 0.15) is 110 Å².